The van der Waals surface area contributed by atoms with Crippen LogP contribution in [0.1, 0.15) is 5.56 Å². The van der Waals surface area contributed by atoms with Crippen molar-refractivity contribution in [2.24, 2.45) is 0 Å². The van der Waals surface area contributed by atoms with E-state index in [1.807, 2.05) is 0 Å². The summed E-state index contributed by atoms with van der Waals surface area (Å²) in [7, 11) is -10.0. The number of fused-ring (bicyclic) bond motifs is 1. The Morgan fingerprint density at radius 3 is 1.83 bits per heavy atom. The molecular formula is C11H8Na2O8S2. The van der Waals surface area contributed by atoms with E-state index in [0.29, 0.717) is 0 Å². The third-order valence-electron chi connectivity index (χ3n) is 2.52. The molecule has 0 radical (unpaired) electrons. The molecule has 0 saturated carbocycles. The van der Waals surface area contributed by atoms with Crippen molar-refractivity contribution >= 4 is 31.6 Å². The zero-order chi connectivity index (χ0) is 15.8. The molecule has 2 aromatic rings. The van der Waals surface area contributed by atoms with Crippen molar-refractivity contribution in [2.75, 3.05) is 0 Å². The number of hydrogen-bond acceptors (Lipinski definition) is 8. The zero-order valence-corrected chi connectivity index (χ0v) is 18.1. The molecule has 2 aromatic carbocycles. The van der Waals surface area contributed by atoms with Crippen LogP contribution in [0.25, 0.3) is 10.8 Å². The Balaban J connectivity index is 0.00000242. The minimum absolute atomic E-state index is 0. The van der Waals surface area contributed by atoms with Crippen molar-refractivity contribution in [3.63, 3.8) is 0 Å². The quantitative estimate of drug-likeness (QED) is 0.293. The van der Waals surface area contributed by atoms with E-state index in [1.165, 1.54) is 31.2 Å². The molecule has 0 saturated heterocycles. The first-order valence-corrected chi connectivity index (χ1v) is 8.06. The molecule has 0 aliphatic heterocycles. The van der Waals surface area contributed by atoms with E-state index in [9.17, 15) is 25.9 Å². The summed E-state index contributed by atoms with van der Waals surface area (Å²) in [6, 6.07) is 6.91. The molecule has 0 aromatic heterocycles. The van der Waals surface area contributed by atoms with Gasteiger partial charge in [-0.25, -0.2) is 16.8 Å². The average Bonchev–Trinajstić information content (AvgIpc) is 2.31. The van der Waals surface area contributed by atoms with Crippen LogP contribution in [0.3, 0.4) is 0 Å². The Bertz CT molecular complexity index is 909. The molecule has 12 heteroatoms. The average molecular weight is 378 g/mol. The molecule has 0 N–H and O–H groups in total. The Morgan fingerprint density at radius 1 is 0.870 bits per heavy atom. The molecule has 114 valence electrons. The van der Waals surface area contributed by atoms with E-state index < -0.39 is 20.8 Å². The Hall–Kier alpha value is 0.120. The Kier molecular flexibility index (Phi) is 8.52. The molecule has 0 aliphatic carbocycles. The van der Waals surface area contributed by atoms with Crippen LogP contribution in [0.2, 0.25) is 0 Å². The summed E-state index contributed by atoms with van der Waals surface area (Å²) >= 11 is 0. The van der Waals surface area contributed by atoms with Gasteiger partial charge in [0.1, 0.15) is 5.75 Å². The summed E-state index contributed by atoms with van der Waals surface area (Å²) in [5, 5.41) is 0.233. The molecule has 0 unspecified atom stereocenters. The number of rotatable bonds is 4. The Morgan fingerprint density at radius 2 is 1.35 bits per heavy atom. The van der Waals surface area contributed by atoms with Gasteiger partial charge in [-0.2, -0.15) is 0 Å². The molecule has 23 heavy (non-hydrogen) atoms. The fourth-order valence-electron chi connectivity index (χ4n) is 1.84. The van der Waals surface area contributed by atoms with Crippen LogP contribution >= 0.6 is 0 Å². The second-order valence-electron chi connectivity index (χ2n) is 4.05. The predicted octanol–water partition coefficient (Wildman–Crippen LogP) is -5.17. The number of aryl methyl sites for hydroxylation is 1. The molecule has 2 rings (SSSR count). The van der Waals surface area contributed by atoms with Gasteiger partial charge in [-0.3, -0.25) is 0 Å². The molecule has 0 aliphatic rings. The molecule has 0 amide bonds. The van der Waals surface area contributed by atoms with Crippen molar-refractivity contribution < 1.29 is 93.4 Å². The molecule has 0 atom stereocenters. The van der Waals surface area contributed by atoms with Crippen LogP contribution in [0.5, 0.6) is 11.5 Å². The van der Waals surface area contributed by atoms with Crippen molar-refractivity contribution in [3.8, 4) is 11.5 Å². The van der Waals surface area contributed by atoms with Crippen LogP contribution in [-0.2, 0) is 20.8 Å². The third-order valence-corrected chi connectivity index (χ3v) is 3.27. The van der Waals surface area contributed by atoms with Crippen molar-refractivity contribution in [1.29, 1.82) is 0 Å². The van der Waals surface area contributed by atoms with Crippen LogP contribution in [0.4, 0.5) is 0 Å². The summed E-state index contributed by atoms with van der Waals surface area (Å²) in [5.41, 5.74) is 0.117. The minimum Gasteiger partial charge on any atom is -0.716 e. The summed E-state index contributed by atoms with van der Waals surface area (Å²) in [6.07, 6.45) is 0. The molecule has 0 bridgehead atoms. The third kappa shape index (κ3) is 6.50. The summed E-state index contributed by atoms with van der Waals surface area (Å²) in [4.78, 5) is 0. The fourth-order valence-corrected chi connectivity index (χ4v) is 2.62. The molecule has 0 heterocycles. The largest absolute Gasteiger partial charge is 1.00 e. The van der Waals surface area contributed by atoms with Crippen molar-refractivity contribution in [2.45, 2.75) is 6.92 Å². The molecular weight excluding hydrogens is 370 g/mol. The van der Waals surface area contributed by atoms with Gasteiger partial charge in [-0.15, -0.1) is 0 Å². The van der Waals surface area contributed by atoms with E-state index >= 15 is 0 Å². The van der Waals surface area contributed by atoms with Crippen LogP contribution < -0.4 is 67.5 Å². The topological polar surface area (TPSA) is 133 Å². The van der Waals surface area contributed by atoms with Gasteiger partial charge in [0, 0.05) is 10.8 Å². The van der Waals surface area contributed by atoms with Gasteiger partial charge in [-0.05, 0) is 18.6 Å². The second kappa shape index (κ2) is 8.48. The van der Waals surface area contributed by atoms with Gasteiger partial charge < -0.3 is 17.5 Å². The summed E-state index contributed by atoms with van der Waals surface area (Å²) < 4.78 is 73.1. The summed E-state index contributed by atoms with van der Waals surface area (Å²) in [5.74, 6) is -0.537. The van der Waals surface area contributed by atoms with E-state index in [1.54, 1.807) is 0 Å². The van der Waals surface area contributed by atoms with Crippen molar-refractivity contribution in [1.82, 2.24) is 0 Å². The maximum Gasteiger partial charge on any atom is 1.00 e. The van der Waals surface area contributed by atoms with Gasteiger partial charge in [0.15, 0.2) is 5.75 Å². The van der Waals surface area contributed by atoms with Gasteiger partial charge in [0.2, 0.25) is 0 Å². The van der Waals surface area contributed by atoms with Crippen LogP contribution in [-0.4, -0.2) is 25.9 Å². The van der Waals surface area contributed by atoms with E-state index in [0.717, 1.165) is 6.07 Å². The first-order chi connectivity index (χ1) is 9.57. The molecule has 0 spiro atoms. The van der Waals surface area contributed by atoms with Gasteiger partial charge in [0.25, 0.3) is 20.8 Å². The van der Waals surface area contributed by atoms with Crippen LogP contribution in [0.15, 0.2) is 30.3 Å². The second-order valence-corrected chi connectivity index (χ2v) is 6.02. The first kappa shape index (κ1) is 23.1. The minimum atomic E-state index is -5.01. The van der Waals surface area contributed by atoms with E-state index in [2.05, 4.69) is 8.37 Å². The van der Waals surface area contributed by atoms with Gasteiger partial charge in [-0.1, -0.05) is 24.3 Å². The van der Waals surface area contributed by atoms with Gasteiger partial charge >= 0.3 is 59.1 Å². The monoisotopic (exact) mass is 378 g/mol. The SMILES string of the molecule is Cc1cc(OS(=O)(=O)[O-])c2ccccc2c1OS(=O)(=O)[O-].[Na+].[Na+]. The number of benzene rings is 2. The predicted molar refractivity (Wildman–Crippen MR) is 69.3 cm³/mol. The normalized spacial score (nSPS) is 11.3. The fraction of sp³-hybridized carbons (Fsp3) is 0.0909. The number of hydrogen-bond donors (Lipinski definition) is 0. The van der Waals surface area contributed by atoms with E-state index in [4.69, 9.17) is 0 Å². The summed E-state index contributed by atoms with van der Waals surface area (Å²) in [6.45, 7) is 1.37. The Labute approximate surface area is 177 Å². The maximum atomic E-state index is 10.8. The van der Waals surface area contributed by atoms with Crippen molar-refractivity contribution in [3.05, 3.63) is 35.9 Å². The zero-order valence-electron chi connectivity index (χ0n) is 12.5. The molecule has 0 fully saturated rings. The maximum absolute atomic E-state index is 10.8. The first-order valence-electron chi connectivity index (χ1n) is 5.40. The van der Waals surface area contributed by atoms with Gasteiger partial charge in [0.05, 0.1) is 0 Å². The standard InChI is InChI=1S/C11H10O8S2.2Na/c1-7-6-10(18-20(12,13)14)8-4-2-3-5-9(8)11(7)19-21(15,16)17;;/h2-6H,1H3,(H,12,13,14)(H,15,16,17);;/q;2*+1/p-2. The molecule has 8 nitrogen and oxygen atoms in total. The smallest absolute Gasteiger partial charge is 0.716 e. The van der Waals surface area contributed by atoms with Crippen LogP contribution in [0, 0.1) is 6.92 Å². The van der Waals surface area contributed by atoms with E-state index in [-0.39, 0.29) is 86.9 Å².